The van der Waals surface area contributed by atoms with Crippen molar-refractivity contribution in [2.75, 3.05) is 38.0 Å². The van der Waals surface area contributed by atoms with E-state index in [1.807, 2.05) is 61.5 Å². The van der Waals surface area contributed by atoms with Crippen molar-refractivity contribution in [3.05, 3.63) is 72.3 Å². The number of amides is 2. The summed E-state index contributed by atoms with van der Waals surface area (Å²) >= 11 is 5.82. The van der Waals surface area contributed by atoms with Gasteiger partial charge in [-0.05, 0) is 49.8 Å². The number of Topliss-reactive ketones (excluding diaryl/α,β-unsaturated/α-hetero) is 1. The minimum absolute atomic E-state index is 0.0448. The van der Waals surface area contributed by atoms with Crippen molar-refractivity contribution in [2.24, 2.45) is 16.5 Å². The molecule has 1 saturated heterocycles. The van der Waals surface area contributed by atoms with Crippen LogP contribution in [-0.4, -0.2) is 88.1 Å². The second kappa shape index (κ2) is 16.1. The summed E-state index contributed by atoms with van der Waals surface area (Å²) in [5.41, 5.74) is 12.3. The summed E-state index contributed by atoms with van der Waals surface area (Å²) in [5, 5.41) is 4.03. The summed E-state index contributed by atoms with van der Waals surface area (Å²) < 4.78 is 30.7. The molecule has 2 amide bonds. The number of nitrogens with two attached hydrogens (primary N) is 2. The highest BCUT2D eigenvalue weighted by Crippen LogP contribution is 2.30. The molecule has 3 aromatic carbocycles. The molecule has 0 aliphatic carbocycles. The number of ketones is 1. The van der Waals surface area contributed by atoms with Gasteiger partial charge in [0, 0.05) is 43.6 Å². The van der Waals surface area contributed by atoms with Gasteiger partial charge in [0.1, 0.15) is 12.1 Å². The van der Waals surface area contributed by atoms with E-state index in [9.17, 15) is 22.8 Å². The number of nitrogens with one attached hydrogen (secondary N) is 2. The lowest BCUT2D eigenvalue weighted by Gasteiger charge is -2.30. The molecule has 4 rings (SSSR count). The van der Waals surface area contributed by atoms with Crippen LogP contribution in [0.3, 0.4) is 0 Å². The van der Waals surface area contributed by atoms with Gasteiger partial charge in [-0.1, -0.05) is 54.6 Å². The van der Waals surface area contributed by atoms with Crippen molar-refractivity contribution in [3.8, 4) is 0 Å². The number of alkyl halides is 1. The number of rotatable bonds is 15. The van der Waals surface area contributed by atoms with Gasteiger partial charge in [0.2, 0.25) is 21.8 Å². The predicted octanol–water partition coefficient (Wildman–Crippen LogP) is 2.13. The molecule has 1 aliphatic heterocycles. The van der Waals surface area contributed by atoms with E-state index in [1.165, 1.54) is 11.0 Å². The first-order chi connectivity index (χ1) is 22.4. The van der Waals surface area contributed by atoms with Gasteiger partial charge in [-0.3, -0.25) is 19.4 Å². The van der Waals surface area contributed by atoms with Gasteiger partial charge in [-0.2, -0.15) is 4.72 Å². The number of guanidine groups is 1. The molecule has 0 saturated carbocycles. The van der Waals surface area contributed by atoms with Crippen LogP contribution in [0.5, 0.6) is 0 Å². The van der Waals surface area contributed by atoms with Gasteiger partial charge in [0.05, 0.1) is 16.8 Å². The second-order valence-electron chi connectivity index (χ2n) is 11.7. The average molecular weight is 684 g/mol. The molecule has 0 spiro atoms. The summed E-state index contributed by atoms with van der Waals surface area (Å²) in [6.45, 7) is 0.524. The van der Waals surface area contributed by atoms with Crippen molar-refractivity contribution in [1.29, 1.82) is 0 Å². The minimum Gasteiger partial charge on any atom is -0.377 e. The molecular formula is C33H42ClN7O5S. The Hall–Kier alpha value is -4.20. The molecule has 0 unspecified atom stereocenters. The molecule has 12 nitrogen and oxygen atoms in total. The number of sulfonamides is 1. The molecule has 3 aromatic rings. The molecule has 252 valence electrons. The maximum Gasteiger partial charge on any atom is 0.243 e. The number of nitrogens with zero attached hydrogens (tertiary/aromatic N) is 3. The Kier molecular flexibility index (Phi) is 12.2. The zero-order valence-corrected chi connectivity index (χ0v) is 28.1. The standard InChI is InChI=1S/C33H42ClN7O5S/c1-40(2)27-15-6-13-24-23(27)12-7-17-30(24)47(45,46)39-26(20-22-10-4-3-5-11-22)32(44)41-19-9-16-28(41)31(43)38-25(29(42)21-34)14-8-18-37-33(35)36/h3-7,10-13,15,17,25-26,28,39H,8-9,14,16,18-21H2,1-2H3,(H,38,43)(H4,35,36,37)/t25-,26+,28-/m0/s1. The van der Waals surface area contributed by atoms with Gasteiger partial charge in [-0.25, -0.2) is 8.42 Å². The Balaban J connectivity index is 1.61. The minimum atomic E-state index is -4.22. The number of aliphatic imine (C=N–C) groups is 1. The monoisotopic (exact) mass is 683 g/mol. The summed E-state index contributed by atoms with van der Waals surface area (Å²) in [5.74, 6) is -1.78. The van der Waals surface area contributed by atoms with Crippen LogP contribution in [0.15, 0.2) is 76.6 Å². The highest BCUT2D eigenvalue weighted by atomic mass is 35.5. The summed E-state index contributed by atoms with van der Waals surface area (Å²) in [7, 11) is -0.456. The van der Waals surface area contributed by atoms with E-state index in [-0.39, 0.29) is 48.4 Å². The lowest BCUT2D eigenvalue weighted by molar-refractivity contribution is -0.140. The topological polar surface area (TPSA) is 180 Å². The van der Waals surface area contributed by atoms with Crippen LogP contribution in [0.1, 0.15) is 31.2 Å². The normalized spacial score (nSPS) is 16.0. The van der Waals surface area contributed by atoms with Crippen molar-refractivity contribution in [2.45, 2.75) is 55.1 Å². The number of hydrogen-bond donors (Lipinski definition) is 4. The number of hydrogen-bond acceptors (Lipinski definition) is 7. The van der Waals surface area contributed by atoms with E-state index in [4.69, 9.17) is 23.1 Å². The lowest BCUT2D eigenvalue weighted by atomic mass is 10.0. The third-order valence-corrected chi connectivity index (χ3v) is 9.92. The van der Waals surface area contributed by atoms with Crippen molar-refractivity contribution in [1.82, 2.24) is 14.9 Å². The third kappa shape index (κ3) is 8.99. The van der Waals surface area contributed by atoms with Crippen molar-refractivity contribution in [3.63, 3.8) is 0 Å². The number of fused-ring (bicyclic) bond motifs is 1. The predicted molar refractivity (Wildman–Crippen MR) is 185 cm³/mol. The maximum atomic E-state index is 14.2. The molecule has 0 aromatic heterocycles. The lowest BCUT2D eigenvalue weighted by Crippen LogP contribution is -2.55. The summed E-state index contributed by atoms with van der Waals surface area (Å²) in [4.78, 5) is 47.6. The molecule has 0 bridgehead atoms. The molecule has 1 heterocycles. The van der Waals surface area contributed by atoms with E-state index in [1.54, 1.807) is 18.2 Å². The van der Waals surface area contributed by atoms with Crippen LogP contribution in [0.25, 0.3) is 10.8 Å². The molecule has 14 heteroatoms. The molecule has 47 heavy (non-hydrogen) atoms. The molecule has 1 fully saturated rings. The van der Waals surface area contributed by atoms with Crippen molar-refractivity contribution >= 4 is 61.6 Å². The number of halogens is 1. The highest BCUT2D eigenvalue weighted by Gasteiger charge is 2.39. The Morgan fingerprint density at radius 2 is 1.70 bits per heavy atom. The molecule has 3 atom stereocenters. The van der Waals surface area contributed by atoms with Gasteiger partial charge in [-0.15, -0.1) is 11.6 Å². The number of anilines is 1. The van der Waals surface area contributed by atoms with Crippen LogP contribution >= 0.6 is 11.6 Å². The van der Waals surface area contributed by atoms with Crippen LogP contribution in [0.4, 0.5) is 5.69 Å². The van der Waals surface area contributed by atoms with Crippen LogP contribution in [-0.2, 0) is 30.8 Å². The van der Waals surface area contributed by atoms with E-state index in [0.29, 0.717) is 24.6 Å². The fourth-order valence-electron chi connectivity index (χ4n) is 5.85. The van der Waals surface area contributed by atoms with Crippen LogP contribution < -0.4 is 26.4 Å². The Morgan fingerprint density at radius 1 is 1.00 bits per heavy atom. The zero-order valence-electron chi connectivity index (χ0n) is 26.6. The first kappa shape index (κ1) is 35.7. The van der Waals surface area contributed by atoms with Gasteiger partial charge in [0.25, 0.3) is 0 Å². The quantitative estimate of drug-likeness (QED) is 0.0814. The van der Waals surface area contributed by atoms with E-state index >= 15 is 0 Å². The fraction of sp³-hybridized carbons (Fsp3) is 0.394. The van der Waals surface area contributed by atoms with E-state index in [2.05, 4.69) is 15.0 Å². The largest absolute Gasteiger partial charge is 0.377 e. The third-order valence-electron chi connectivity index (χ3n) is 8.13. The zero-order chi connectivity index (χ0) is 34.1. The highest BCUT2D eigenvalue weighted by molar-refractivity contribution is 7.89. The smallest absolute Gasteiger partial charge is 0.243 e. The molecule has 6 N–H and O–H groups in total. The number of carbonyl (C=O) groups excluding carboxylic acids is 3. The average Bonchev–Trinajstić information content (AvgIpc) is 3.55. The van der Waals surface area contributed by atoms with Crippen LogP contribution in [0, 0.1) is 0 Å². The number of likely N-dealkylation sites (tertiary alicyclic amines) is 1. The molecule has 0 radical (unpaired) electrons. The maximum absolute atomic E-state index is 14.2. The Labute approximate surface area is 280 Å². The second-order valence-corrected chi connectivity index (χ2v) is 13.6. The SMILES string of the molecule is CN(C)c1cccc2c(S(=O)(=O)N[C@H](Cc3ccccc3)C(=O)N3CCC[C@H]3C(=O)N[C@@H](CCCN=C(N)N)C(=O)CCl)cccc12. The number of carbonyl (C=O) groups is 3. The summed E-state index contributed by atoms with van der Waals surface area (Å²) in [6, 6.07) is 16.6. The van der Waals surface area contributed by atoms with E-state index < -0.39 is 40.0 Å². The van der Waals surface area contributed by atoms with Gasteiger partial charge >= 0.3 is 0 Å². The van der Waals surface area contributed by atoms with Gasteiger partial charge < -0.3 is 26.6 Å². The Morgan fingerprint density at radius 3 is 2.38 bits per heavy atom. The van der Waals surface area contributed by atoms with E-state index in [0.717, 1.165) is 16.6 Å². The summed E-state index contributed by atoms with van der Waals surface area (Å²) in [6.07, 6.45) is 1.63. The Bertz CT molecular complexity index is 1710. The first-order valence-corrected chi connectivity index (χ1v) is 17.4. The molecular weight excluding hydrogens is 642 g/mol. The first-order valence-electron chi connectivity index (χ1n) is 15.4. The van der Waals surface area contributed by atoms with Crippen molar-refractivity contribution < 1.29 is 22.8 Å². The van der Waals surface area contributed by atoms with Gasteiger partial charge in [0.15, 0.2) is 11.7 Å². The van der Waals surface area contributed by atoms with Crippen LogP contribution in [0.2, 0.25) is 0 Å². The number of benzene rings is 3. The fourth-order valence-corrected chi connectivity index (χ4v) is 7.45. The molecule has 1 aliphatic rings.